The molecular weight excluding hydrogens is 359 g/mol. The van der Waals surface area contributed by atoms with Crippen LogP contribution < -0.4 is 5.32 Å². The number of amides is 1. The lowest BCUT2D eigenvalue weighted by molar-refractivity contribution is -0.116. The van der Waals surface area contributed by atoms with Gasteiger partial charge in [0.15, 0.2) is 0 Å². The van der Waals surface area contributed by atoms with Gasteiger partial charge in [-0.05, 0) is 55.0 Å². The maximum atomic E-state index is 13.2. The summed E-state index contributed by atoms with van der Waals surface area (Å²) in [5.41, 5.74) is 2.69. The van der Waals surface area contributed by atoms with E-state index in [4.69, 9.17) is 4.42 Å². The summed E-state index contributed by atoms with van der Waals surface area (Å²) >= 11 is 0. The average Bonchev–Trinajstić information content (AvgIpc) is 3.34. The SMILES string of the molecule is Cc1cc(F)ccc1NC(=O)Cn1cccc1-c1nnc(-c2ccccc2)o1. The predicted molar refractivity (Wildman–Crippen MR) is 103 cm³/mol. The van der Waals surface area contributed by atoms with Gasteiger partial charge >= 0.3 is 0 Å². The molecule has 0 aliphatic carbocycles. The van der Waals surface area contributed by atoms with E-state index >= 15 is 0 Å². The Hall–Kier alpha value is -3.74. The number of carbonyl (C=O) groups excluding carboxylic acids is 1. The molecule has 140 valence electrons. The van der Waals surface area contributed by atoms with Crippen molar-refractivity contribution in [3.63, 3.8) is 0 Å². The lowest BCUT2D eigenvalue weighted by Gasteiger charge is -2.10. The molecule has 28 heavy (non-hydrogen) atoms. The standard InChI is InChI=1S/C21H17FN4O2/c1-14-12-16(22)9-10-17(14)23-19(27)13-26-11-5-8-18(26)21-25-24-20(28-21)15-6-3-2-4-7-15/h2-12H,13H2,1H3,(H,23,27). The maximum Gasteiger partial charge on any atom is 0.264 e. The fraction of sp³-hybridized carbons (Fsp3) is 0.0952. The number of rotatable bonds is 5. The third kappa shape index (κ3) is 3.68. The number of anilines is 1. The topological polar surface area (TPSA) is 73.0 Å². The first-order chi connectivity index (χ1) is 13.6. The first-order valence-corrected chi connectivity index (χ1v) is 8.70. The normalized spacial score (nSPS) is 10.8. The summed E-state index contributed by atoms with van der Waals surface area (Å²) in [6, 6.07) is 17.3. The molecule has 0 bridgehead atoms. The van der Waals surface area contributed by atoms with Gasteiger partial charge in [0.1, 0.15) is 18.1 Å². The molecule has 1 N–H and O–H groups in total. The van der Waals surface area contributed by atoms with Crippen LogP contribution in [0.4, 0.5) is 10.1 Å². The third-order valence-corrected chi connectivity index (χ3v) is 4.27. The quantitative estimate of drug-likeness (QED) is 0.564. The average molecular weight is 376 g/mol. The Balaban J connectivity index is 1.52. The largest absolute Gasteiger partial charge is 0.415 e. The minimum atomic E-state index is -0.339. The van der Waals surface area contributed by atoms with Gasteiger partial charge in [-0.2, -0.15) is 0 Å². The molecule has 0 spiro atoms. The second-order valence-electron chi connectivity index (χ2n) is 6.31. The first-order valence-electron chi connectivity index (χ1n) is 8.70. The summed E-state index contributed by atoms with van der Waals surface area (Å²) < 4.78 is 20.7. The van der Waals surface area contributed by atoms with Crippen LogP contribution in [0.3, 0.4) is 0 Å². The van der Waals surface area contributed by atoms with Gasteiger partial charge in [0, 0.05) is 17.4 Å². The fourth-order valence-electron chi connectivity index (χ4n) is 2.88. The van der Waals surface area contributed by atoms with Gasteiger partial charge in [0.05, 0.1) is 0 Å². The Labute approximate surface area is 160 Å². The van der Waals surface area contributed by atoms with Crippen molar-refractivity contribution in [3.8, 4) is 23.0 Å². The Kier molecular flexibility index (Phi) is 4.72. The number of hydrogen-bond acceptors (Lipinski definition) is 4. The zero-order valence-electron chi connectivity index (χ0n) is 15.1. The zero-order chi connectivity index (χ0) is 19.5. The first kappa shape index (κ1) is 17.7. The Morgan fingerprint density at radius 3 is 2.64 bits per heavy atom. The molecule has 0 radical (unpaired) electrons. The number of hydrogen-bond donors (Lipinski definition) is 1. The number of benzene rings is 2. The minimum absolute atomic E-state index is 0.0577. The van der Waals surface area contributed by atoms with Crippen molar-refractivity contribution in [3.05, 3.63) is 78.2 Å². The van der Waals surface area contributed by atoms with Crippen LogP contribution in [-0.4, -0.2) is 20.7 Å². The summed E-state index contributed by atoms with van der Waals surface area (Å²) in [7, 11) is 0. The summed E-state index contributed by atoms with van der Waals surface area (Å²) in [4.78, 5) is 12.4. The van der Waals surface area contributed by atoms with E-state index in [1.165, 1.54) is 12.1 Å². The minimum Gasteiger partial charge on any atom is -0.415 e. The molecule has 2 aromatic carbocycles. The van der Waals surface area contributed by atoms with Gasteiger partial charge in [-0.1, -0.05) is 18.2 Å². The summed E-state index contributed by atoms with van der Waals surface area (Å²) in [5, 5.41) is 11.0. The zero-order valence-corrected chi connectivity index (χ0v) is 15.1. The number of carbonyl (C=O) groups is 1. The lowest BCUT2D eigenvalue weighted by atomic mass is 10.2. The molecule has 0 unspecified atom stereocenters. The number of aromatic nitrogens is 3. The smallest absolute Gasteiger partial charge is 0.264 e. The van der Waals surface area contributed by atoms with Crippen LogP contribution in [0, 0.1) is 12.7 Å². The Bertz CT molecular complexity index is 1120. The fourth-order valence-corrected chi connectivity index (χ4v) is 2.88. The van der Waals surface area contributed by atoms with Crippen molar-refractivity contribution in [2.24, 2.45) is 0 Å². The Morgan fingerprint density at radius 1 is 1.07 bits per heavy atom. The van der Waals surface area contributed by atoms with Crippen molar-refractivity contribution >= 4 is 11.6 Å². The molecule has 0 fully saturated rings. The van der Waals surface area contributed by atoms with Crippen LogP contribution in [0.5, 0.6) is 0 Å². The highest BCUT2D eigenvalue weighted by atomic mass is 19.1. The number of halogens is 1. The number of nitrogens with one attached hydrogen (secondary N) is 1. The number of nitrogens with zero attached hydrogens (tertiary/aromatic N) is 3. The highest BCUT2D eigenvalue weighted by Crippen LogP contribution is 2.24. The highest BCUT2D eigenvalue weighted by Gasteiger charge is 2.15. The molecule has 4 aromatic rings. The van der Waals surface area contributed by atoms with E-state index in [9.17, 15) is 9.18 Å². The molecule has 0 atom stereocenters. The monoisotopic (exact) mass is 376 g/mol. The van der Waals surface area contributed by atoms with Crippen molar-refractivity contribution in [2.45, 2.75) is 13.5 Å². The number of aryl methyl sites for hydroxylation is 1. The second kappa shape index (κ2) is 7.48. The van der Waals surface area contributed by atoms with Crippen molar-refractivity contribution in [2.75, 3.05) is 5.32 Å². The van der Waals surface area contributed by atoms with E-state index in [0.717, 1.165) is 5.56 Å². The van der Waals surface area contributed by atoms with Gasteiger partial charge in [0.25, 0.3) is 5.89 Å². The third-order valence-electron chi connectivity index (χ3n) is 4.27. The van der Waals surface area contributed by atoms with E-state index in [1.54, 1.807) is 35.9 Å². The highest BCUT2D eigenvalue weighted by molar-refractivity contribution is 5.91. The molecule has 7 heteroatoms. The van der Waals surface area contributed by atoms with Gasteiger partial charge in [-0.25, -0.2) is 4.39 Å². The van der Waals surface area contributed by atoms with Crippen molar-refractivity contribution in [1.82, 2.24) is 14.8 Å². The van der Waals surface area contributed by atoms with Gasteiger partial charge in [0.2, 0.25) is 11.8 Å². The van der Waals surface area contributed by atoms with E-state index < -0.39 is 0 Å². The molecule has 0 saturated carbocycles. The van der Waals surface area contributed by atoms with Crippen molar-refractivity contribution < 1.29 is 13.6 Å². The van der Waals surface area contributed by atoms with Gasteiger partial charge < -0.3 is 14.3 Å². The van der Waals surface area contributed by atoms with E-state index in [2.05, 4.69) is 15.5 Å². The molecular formula is C21H17FN4O2. The molecule has 2 heterocycles. The second-order valence-corrected chi connectivity index (χ2v) is 6.31. The van der Waals surface area contributed by atoms with Crippen LogP contribution >= 0.6 is 0 Å². The van der Waals surface area contributed by atoms with Crippen LogP contribution in [0.15, 0.2) is 71.3 Å². The summed E-state index contributed by atoms with van der Waals surface area (Å²) in [6.45, 7) is 1.80. The molecule has 1 amide bonds. The molecule has 0 saturated heterocycles. The van der Waals surface area contributed by atoms with Crippen LogP contribution in [-0.2, 0) is 11.3 Å². The van der Waals surface area contributed by atoms with Gasteiger partial charge in [-0.15, -0.1) is 10.2 Å². The van der Waals surface area contributed by atoms with Crippen molar-refractivity contribution in [1.29, 1.82) is 0 Å². The lowest BCUT2D eigenvalue weighted by Crippen LogP contribution is -2.19. The summed E-state index contributed by atoms with van der Waals surface area (Å²) in [6.07, 6.45) is 1.76. The van der Waals surface area contributed by atoms with Gasteiger partial charge in [-0.3, -0.25) is 4.79 Å². The Morgan fingerprint density at radius 2 is 1.86 bits per heavy atom. The summed E-state index contributed by atoms with van der Waals surface area (Å²) in [5.74, 6) is 0.160. The maximum absolute atomic E-state index is 13.2. The molecule has 2 aromatic heterocycles. The molecule has 0 aliphatic rings. The van der Waals surface area contributed by atoms with Crippen LogP contribution in [0.25, 0.3) is 23.0 Å². The molecule has 0 aliphatic heterocycles. The predicted octanol–water partition coefficient (Wildman–Crippen LogP) is 4.29. The van der Waals surface area contributed by atoms with E-state index in [1.807, 2.05) is 30.3 Å². The van der Waals surface area contributed by atoms with E-state index in [-0.39, 0.29) is 18.3 Å². The van der Waals surface area contributed by atoms with E-state index in [0.29, 0.717) is 28.7 Å². The van der Waals surface area contributed by atoms with Crippen LogP contribution in [0.2, 0.25) is 0 Å². The van der Waals surface area contributed by atoms with Crippen LogP contribution in [0.1, 0.15) is 5.56 Å². The molecule has 6 nitrogen and oxygen atoms in total. The molecule has 4 rings (SSSR count).